The van der Waals surface area contributed by atoms with Gasteiger partial charge in [0.2, 0.25) is 5.91 Å². The lowest BCUT2D eigenvalue weighted by atomic mass is 10.2. The van der Waals surface area contributed by atoms with Gasteiger partial charge in [-0.15, -0.1) is 0 Å². The lowest BCUT2D eigenvalue weighted by Crippen LogP contribution is -2.49. The number of hydrogen-bond donors (Lipinski definition) is 1. The van der Waals surface area contributed by atoms with Crippen LogP contribution >= 0.6 is 11.8 Å². The second-order valence-corrected chi connectivity index (χ2v) is 6.34. The number of nitrogens with one attached hydrogen (secondary N) is 1. The molecule has 1 aromatic carbocycles. The SMILES string of the molecule is O=C(CSc1nccc(=O)[nH]1)N1CCN(c2ccc(F)cc2)CC1. The van der Waals surface area contributed by atoms with Crippen molar-refractivity contribution < 1.29 is 9.18 Å². The van der Waals surface area contributed by atoms with Crippen LogP contribution in [0.15, 0.2) is 46.5 Å². The molecule has 0 radical (unpaired) electrons. The summed E-state index contributed by atoms with van der Waals surface area (Å²) in [6.07, 6.45) is 1.42. The fourth-order valence-electron chi connectivity index (χ4n) is 2.51. The number of hydrogen-bond acceptors (Lipinski definition) is 5. The van der Waals surface area contributed by atoms with Crippen molar-refractivity contribution in [2.75, 3.05) is 36.8 Å². The molecule has 6 nitrogen and oxygen atoms in total. The van der Waals surface area contributed by atoms with Gasteiger partial charge in [-0.1, -0.05) is 11.8 Å². The Morgan fingerprint density at radius 1 is 1.17 bits per heavy atom. The van der Waals surface area contributed by atoms with E-state index < -0.39 is 0 Å². The van der Waals surface area contributed by atoms with Crippen molar-refractivity contribution in [3.63, 3.8) is 0 Å². The summed E-state index contributed by atoms with van der Waals surface area (Å²) < 4.78 is 13.0. The Morgan fingerprint density at radius 3 is 2.54 bits per heavy atom. The predicted molar refractivity (Wildman–Crippen MR) is 90.8 cm³/mol. The van der Waals surface area contributed by atoms with Gasteiger partial charge < -0.3 is 14.8 Å². The molecule has 1 aliphatic heterocycles. The Morgan fingerprint density at radius 2 is 1.88 bits per heavy atom. The zero-order valence-electron chi connectivity index (χ0n) is 12.9. The number of piperazine rings is 1. The number of aromatic amines is 1. The van der Waals surface area contributed by atoms with Crippen molar-refractivity contribution in [2.45, 2.75) is 5.16 Å². The molecule has 1 fully saturated rings. The van der Waals surface area contributed by atoms with Crippen LogP contribution in [0, 0.1) is 5.82 Å². The van der Waals surface area contributed by atoms with E-state index in [0.29, 0.717) is 31.3 Å². The van der Waals surface area contributed by atoms with E-state index >= 15 is 0 Å². The zero-order chi connectivity index (χ0) is 16.9. The van der Waals surface area contributed by atoms with Gasteiger partial charge in [-0.3, -0.25) is 9.59 Å². The highest BCUT2D eigenvalue weighted by atomic mass is 32.2. The number of benzene rings is 1. The van der Waals surface area contributed by atoms with Crippen LogP contribution in [0.4, 0.5) is 10.1 Å². The fraction of sp³-hybridized carbons (Fsp3) is 0.312. The largest absolute Gasteiger partial charge is 0.368 e. The Hall–Kier alpha value is -2.35. The minimum atomic E-state index is -0.253. The van der Waals surface area contributed by atoms with Gasteiger partial charge in [0.05, 0.1) is 5.75 Å². The number of aromatic nitrogens is 2. The topological polar surface area (TPSA) is 69.3 Å². The van der Waals surface area contributed by atoms with Crippen LogP contribution in [0.5, 0.6) is 0 Å². The van der Waals surface area contributed by atoms with Gasteiger partial charge >= 0.3 is 0 Å². The summed E-state index contributed by atoms with van der Waals surface area (Å²) in [6, 6.07) is 7.72. The van der Waals surface area contributed by atoms with Crippen LogP contribution in [0.3, 0.4) is 0 Å². The van der Waals surface area contributed by atoms with E-state index in [0.717, 1.165) is 5.69 Å². The molecule has 126 valence electrons. The number of thioether (sulfide) groups is 1. The number of H-pyrrole nitrogens is 1. The summed E-state index contributed by atoms with van der Waals surface area (Å²) in [4.78, 5) is 34.0. The molecule has 24 heavy (non-hydrogen) atoms. The van der Waals surface area contributed by atoms with Gasteiger partial charge in [0.15, 0.2) is 5.16 Å². The van der Waals surface area contributed by atoms with Crippen LogP contribution < -0.4 is 10.5 Å². The maximum Gasteiger partial charge on any atom is 0.251 e. The van der Waals surface area contributed by atoms with E-state index in [2.05, 4.69) is 14.9 Å². The second-order valence-electron chi connectivity index (χ2n) is 5.37. The number of anilines is 1. The standard InChI is InChI=1S/C16H17FN4O2S/c17-12-1-3-13(4-2-12)20-7-9-21(10-8-20)15(23)11-24-16-18-6-5-14(22)19-16/h1-6H,7-11H2,(H,18,19,22). The summed E-state index contributed by atoms with van der Waals surface area (Å²) in [5.74, 6) is 0.00570. The summed E-state index contributed by atoms with van der Waals surface area (Å²) in [5.41, 5.74) is 0.733. The van der Waals surface area contributed by atoms with Crippen molar-refractivity contribution in [2.24, 2.45) is 0 Å². The summed E-state index contributed by atoms with van der Waals surface area (Å²) in [6.45, 7) is 2.66. The summed E-state index contributed by atoms with van der Waals surface area (Å²) in [7, 11) is 0. The average molecular weight is 348 g/mol. The van der Waals surface area contributed by atoms with Crippen molar-refractivity contribution in [1.82, 2.24) is 14.9 Å². The first-order chi connectivity index (χ1) is 11.6. The van der Waals surface area contributed by atoms with E-state index in [4.69, 9.17) is 0 Å². The molecule has 0 spiro atoms. The Labute approximate surface area is 142 Å². The molecule has 1 amide bonds. The van der Waals surface area contributed by atoms with Crippen LogP contribution in [0.25, 0.3) is 0 Å². The molecule has 0 saturated carbocycles. The monoisotopic (exact) mass is 348 g/mol. The third-order valence-electron chi connectivity index (χ3n) is 3.80. The predicted octanol–water partition coefficient (Wildman–Crippen LogP) is 1.35. The van der Waals surface area contributed by atoms with Crippen LogP contribution in [0.1, 0.15) is 0 Å². The molecule has 1 saturated heterocycles. The molecular weight excluding hydrogens is 331 g/mol. The molecule has 3 rings (SSSR count). The Balaban J connectivity index is 1.50. The number of carbonyl (C=O) groups excluding carboxylic acids is 1. The third-order valence-corrected chi connectivity index (χ3v) is 4.68. The first-order valence-electron chi connectivity index (χ1n) is 7.58. The quantitative estimate of drug-likeness (QED) is 0.667. The Kier molecular flexibility index (Phi) is 5.14. The van der Waals surface area contributed by atoms with Crippen molar-refractivity contribution in [1.29, 1.82) is 0 Å². The smallest absolute Gasteiger partial charge is 0.251 e. The van der Waals surface area contributed by atoms with Crippen LogP contribution in [-0.2, 0) is 4.79 Å². The van der Waals surface area contributed by atoms with Crippen molar-refractivity contribution in [3.8, 4) is 0 Å². The summed E-state index contributed by atoms with van der Waals surface area (Å²) >= 11 is 1.22. The fourth-order valence-corrected chi connectivity index (χ4v) is 3.26. The highest BCUT2D eigenvalue weighted by Gasteiger charge is 2.21. The Bertz CT molecular complexity index is 757. The highest BCUT2D eigenvalue weighted by molar-refractivity contribution is 7.99. The molecule has 0 bridgehead atoms. The molecular formula is C16H17FN4O2S. The molecule has 2 heterocycles. The van der Waals surface area contributed by atoms with Gasteiger partial charge in [-0.05, 0) is 24.3 Å². The molecule has 1 aliphatic rings. The number of halogens is 1. The van der Waals surface area contributed by atoms with E-state index in [1.165, 1.54) is 36.2 Å². The van der Waals surface area contributed by atoms with Crippen molar-refractivity contribution in [3.05, 3.63) is 52.7 Å². The van der Waals surface area contributed by atoms with Crippen LogP contribution in [0.2, 0.25) is 0 Å². The van der Waals surface area contributed by atoms with Gasteiger partial charge in [0.1, 0.15) is 5.82 Å². The normalized spacial score (nSPS) is 14.7. The lowest BCUT2D eigenvalue weighted by Gasteiger charge is -2.36. The van der Waals surface area contributed by atoms with Crippen molar-refractivity contribution >= 4 is 23.4 Å². The number of nitrogens with zero attached hydrogens (tertiary/aromatic N) is 3. The molecule has 1 N–H and O–H groups in total. The van der Waals surface area contributed by atoms with Gasteiger partial charge in [-0.25, -0.2) is 9.37 Å². The first kappa shape index (κ1) is 16.5. The van der Waals surface area contributed by atoms with Gasteiger partial charge in [0, 0.05) is 44.1 Å². The number of amides is 1. The maximum absolute atomic E-state index is 13.0. The van der Waals surface area contributed by atoms with E-state index in [1.54, 1.807) is 17.0 Å². The van der Waals surface area contributed by atoms with Crippen LogP contribution in [-0.4, -0.2) is 52.7 Å². The minimum Gasteiger partial charge on any atom is -0.368 e. The maximum atomic E-state index is 13.0. The second kappa shape index (κ2) is 7.48. The van der Waals surface area contributed by atoms with Gasteiger partial charge in [-0.2, -0.15) is 0 Å². The third kappa shape index (κ3) is 4.14. The first-order valence-corrected chi connectivity index (χ1v) is 8.57. The zero-order valence-corrected chi connectivity index (χ0v) is 13.8. The minimum absolute atomic E-state index is 0.0188. The highest BCUT2D eigenvalue weighted by Crippen LogP contribution is 2.18. The molecule has 0 unspecified atom stereocenters. The van der Waals surface area contributed by atoms with E-state index in [1.807, 2.05) is 0 Å². The molecule has 0 atom stereocenters. The van der Waals surface area contributed by atoms with Gasteiger partial charge in [0.25, 0.3) is 5.56 Å². The number of carbonyl (C=O) groups is 1. The summed E-state index contributed by atoms with van der Waals surface area (Å²) in [5, 5.41) is 0.445. The van der Waals surface area contributed by atoms with E-state index in [-0.39, 0.29) is 23.0 Å². The average Bonchev–Trinajstić information content (AvgIpc) is 2.61. The lowest BCUT2D eigenvalue weighted by molar-refractivity contribution is -0.128. The number of rotatable bonds is 4. The molecule has 1 aromatic heterocycles. The molecule has 8 heteroatoms. The molecule has 0 aliphatic carbocycles. The molecule has 2 aromatic rings. The van der Waals surface area contributed by atoms with E-state index in [9.17, 15) is 14.0 Å².